The van der Waals surface area contributed by atoms with Gasteiger partial charge in [0, 0.05) is 12.8 Å². The van der Waals surface area contributed by atoms with Gasteiger partial charge in [-0.05, 0) is 89.9 Å². The molecule has 0 radical (unpaired) electrons. The molecular formula is C88H167NO5. The fraction of sp³-hybridized carbons (Fsp3) is 0.886. The maximum absolute atomic E-state index is 12.6. The van der Waals surface area contributed by atoms with Crippen LogP contribution in [0, 0.1) is 0 Å². The van der Waals surface area contributed by atoms with Gasteiger partial charge in [0.1, 0.15) is 0 Å². The number of carbonyl (C=O) groups is 2. The lowest BCUT2D eigenvalue weighted by molar-refractivity contribution is -0.143. The van der Waals surface area contributed by atoms with E-state index in [0.29, 0.717) is 19.4 Å². The molecule has 0 aliphatic heterocycles. The van der Waals surface area contributed by atoms with Crippen molar-refractivity contribution < 1.29 is 24.5 Å². The summed E-state index contributed by atoms with van der Waals surface area (Å²) < 4.78 is 5.49. The van der Waals surface area contributed by atoms with E-state index in [1.807, 2.05) is 6.08 Å². The lowest BCUT2D eigenvalue weighted by Gasteiger charge is -2.20. The molecular weight excluding hydrogens is 1150 g/mol. The van der Waals surface area contributed by atoms with Crippen LogP contribution >= 0.6 is 0 Å². The Morgan fingerprint density at radius 2 is 0.532 bits per heavy atom. The fourth-order valence-corrected chi connectivity index (χ4v) is 13.5. The van der Waals surface area contributed by atoms with Crippen LogP contribution in [0.5, 0.6) is 0 Å². The number of ether oxygens (including phenoxy) is 1. The molecule has 0 fully saturated rings. The van der Waals surface area contributed by atoms with Crippen LogP contribution < -0.4 is 5.32 Å². The molecule has 0 aliphatic carbocycles. The number of esters is 1. The van der Waals surface area contributed by atoms with Gasteiger partial charge >= 0.3 is 5.97 Å². The van der Waals surface area contributed by atoms with Gasteiger partial charge in [0.15, 0.2) is 0 Å². The summed E-state index contributed by atoms with van der Waals surface area (Å²) in [6, 6.07) is -0.628. The Morgan fingerprint density at radius 3 is 0.819 bits per heavy atom. The first kappa shape index (κ1) is 91.8. The first-order valence-electron chi connectivity index (χ1n) is 42.9. The predicted octanol–water partition coefficient (Wildman–Crippen LogP) is 28.7. The molecule has 0 aromatic rings. The number of carbonyl (C=O) groups excluding carboxylic acids is 2. The monoisotopic (exact) mass is 1320 g/mol. The molecule has 0 aromatic carbocycles. The molecule has 2 unspecified atom stereocenters. The van der Waals surface area contributed by atoms with Crippen molar-refractivity contribution in [2.75, 3.05) is 13.2 Å². The Balaban J connectivity index is 3.38. The third-order valence-electron chi connectivity index (χ3n) is 20.1. The number of rotatable bonds is 81. The number of hydrogen-bond donors (Lipinski definition) is 3. The summed E-state index contributed by atoms with van der Waals surface area (Å²) in [5.74, 6) is -0.0476. The van der Waals surface area contributed by atoms with Crippen molar-refractivity contribution in [1.29, 1.82) is 0 Å². The van der Waals surface area contributed by atoms with E-state index in [-0.39, 0.29) is 18.5 Å². The number of nitrogens with one attached hydrogen (secondary N) is 1. The van der Waals surface area contributed by atoms with Crippen LogP contribution in [-0.2, 0) is 14.3 Å². The number of unbranched alkanes of at least 4 members (excludes halogenated alkanes) is 64. The summed E-state index contributed by atoms with van der Waals surface area (Å²) in [5, 5.41) is 23.3. The fourth-order valence-electron chi connectivity index (χ4n) is 13.5. The first-order valence-corrected chi connectivity index (χ1v) is 42.9. The molecule has 0 aliphatic rings. The minimum atomic E-state index is -0.845. The highest BCUT2D eigenvalue weighted by molar-refractivity contribution is 5.76. The van der Waals surface area contributed by atoms with Crippen molar-refractivity contribution in [2.24, 2.45) is 0 Å². The second-order valence-corrected chi connectivity index (χ2v) is 29.5. The van der Waals surface area contributed by atoms with Crippen LogP contribution in [0.3, 0.4) is 0 Å². The highest BCUT2D eigenvalue weighted by Crippen LogP contribution is 2.20. The molecule has 0 heterocycles. The van der Waals surface area contributed by atoms with E-state index in [2.05, 4.69) is 55.6 Å². The SMILES string of the molecule is CCCCCCC/C=C\CCCCCCCC(=O)OCCCCCCCCCCCCCCCCC/C=C\C/C=C\CCCCCCCCCCCCCCCCCCCC(=O)NC(CO)C(O)/C=C/CCCCCCCCCCCCCCCCCCCCCCCC. The van der Waals surface area contributed by atoms with Crippen LogP contribution in [0.4, 0.5) is 0 Å². The van der Waals surface area contributed by atoms with Crippen molar-refractivity contribution in [3.05, 3.63) is 48.6 Å². The molecule has 0 saturated heterocycles. The lowest BCUT2D eigenvalue weighted by atomic mass is 10.0. The number of allylic oxidation sites excluding steroid dienone is 7. The van der Waals surface area contributed by atoms with E-state index in [1.165, 1.54) is 398 Å². The van der Waals surface area contributed by atoms with Gasteiger partial charge in [-0.2, -0.15) is 0 Å². The Hall–Kier alpha value is -2.18. The van der Waals surface area contributed by atoms with Gasteiger partial charge in [-0.3, -0.25) is 9.59 Å². The van der Waals surface area contributed by atoms with Crippen molar-refractivity contribution in [3.8, 4) is 0 Å². The maximum atomic E-state index is 12.6. The second-order valence-electron chi connectivity index (χ2n) is 29.5. The molecule has 0 aromatic heterocycles. The minimum Gasteiger partial charge on any atom is -0.466 e. The summed E-state index contributed by atoms with van der Waals surface area (Å²) in [6.07, 6.45) is 111. The summed E-state index contributed by atoms with van der Waals surface area (Å²) in [7, 11) is 0. The third kappa shape index (κ3) is 78.8. The topological polar surface area (TPSA) is 95.9 Å². The van der Waals surface area contributed by atoms with Gasteiger partial charge in [-0.25, -0.2) is 0 Å². The molecule has 6 heteroatoms. The van der Waals surface area contributed by atoms with Gasteiger partial charge in [0.05, 0.1) is 25.4 Å². The van der Waals surface area contributed by atoms with E-state index < -0.39 is 12.1 Å². The second kappa shape index (κ2) is 83.2. The third-order valence-corrected chi connectivity index (χ3v) is 20.1. The van der Waals surface area contributed by atoms with Crippen LogP contribution in [0.2, 0.25) is 0 Å². The zero-order valence-corrected chi connectivity index (χ0v) is 63.7. The Morgan fingerprint density at radius 1 is 0.298 bits per heavy atom. The van der Waals surface area contributed by atoms with Crippen molar-refractivity contribution in [2.45, 2.75) is 488 Å². The summed E-state index contributed by atoms with van der Waals surface area (Å²) in [5.41, 5.74) is 0. The van der Waals surface area contributed by atoms with Crippen LogP contribution in [0.15, 0.2) is 48.6 Å². The lowest BCUT2D eigenvalue weighted by Crippen LogP contribution is -2.45. The van der Waals surface area contributed by atoms with E-state index in [0.717, 1.165) is 51.4 Å². The summed E-state index contributed by atoms with van der Waals surface area (Å²) >= 11 is 0. The molecule has 0 rings (SSSR count). The van der Waals surface area contributed by atoms with Crippen molar-refractivity contribution in [1.82, 2.24) is 5.32 Å². The normalized spacial score (nSPS) is 12.7. The van der Waals surface area contributed by atoms with Gasteiger partial charge in [-0.15, -0.1) is 0 Å². The van der Waals surface area contributed by atoms with Crippen molar-refractivity contribution in [3.63, 3.8) is 0 Å². The van der Waals surface area contributed by atoms with Gasteiger partial charge in [0.25, 0.3) is 0 Å². The average molecular weight is 1320 g/mol. The molecule has 6 nitrogen and oxygen atoms in total. The molecule has 0 spiro atoms. The zero-order valence-electron chi connectivity index (χ0n) is 63.7. The number of hydrogen-bond acceptors (Lipinski definition) is 5. The largest absolute Gasteiger partial charge is 0.466 e. The molecule has 1 amide bonds. The van der Waals surface area contributed by atoms with Crippen LogP contribution in [0.1, 0.15) is 476 Å². The van der Waals surface area contributed by atoms with E-state index in [1.54, 1.807) is 6.08 Å². The van der Waals surface area contributed by atoms with Crippen molar-refractivity contribution >= 4 is 11.9 Å². The molecule has 0 bridgehead atoms. The highest BCUT2D eigenvalue weighted by atomic mass is 16.5. The zero-order chi connectivity index (χ0) is 67.7. The van der Waals surface area contributed by atoms with Gasteiger partial charge in [-0.1, -0.05) is 422 Å². The highest BCUT2D eigenvalue weighted by Gasteiger charge is 2.18. The Labute approximate surface area is 588 Å². The van der Waals surface area contributed by atoms with Gasteiger partial charge < -0.3 is 20.3 Å². The smallest absolute Gasteiger partial charge is 0.305 e. The maximum Gasteiger partial charge on any atom is 0.305 e. The molecule has 0 saturated carbocycles. The summed E-state index contributed by atoms with van der Waals surface area (Å²) in [6.45, 7) is 4.94. The average Bonchev–Trinajstić information content (AvgIpc) is 3.59. The quantitative estimate of drug-likeness (QED) is 0.0320. The number of aliphatic hydroxyl groups excluding tert-OH is 2. The van der Waals surface area contributed by atoms with Crippen LogP contribution in [-0.4, -0.2) is 47.4 Å². The number of amides is 1. The molecule has 554 valence electrons. The Kier molecular flexibility index (Phi) is 81.3. The molecule has 3 N–H and O–H groups in total. The van der Waals surface area contributed by atoms with E-state index >= 15 is 0 Å². The van der Waals surface area contributed by atoms with E-state index in [4.69, 9.17) is 4.74 Å². The summed E-state index contributed by atoms with van der Waals surface area (Å²) in [4.78, 5) is 24.6. The van der Waals surface area contributed by atoms with Gasteiger partial charge in [0.2, 0.25) is 5.91 Å². The Bertz CT molecular complexity index is 1570. The predicted molar refractivity (Wildman–Crippen MR) is 416 cm³/mol. The molecule has 2 atom stereocenters. The molecule has 94 heavy (non-hydrogen) atoms. The standard InChI is InChI=1S/C88H167NO5/c1-3-5-7-9-11-13-15-17-19-20-21-22-23-41-44-47-50-53-56-60-64-68-72-76-80-86(91)85(84-90)89-87(92)81-77-73-69-65-61-57-54-51-48-45-42-39-37-35-33-31-29-27-25-24-26-28-30-32-34-36-38-40-43-46-49-52-55-59-63-67-71-75-79-83-94-88(93)82-78-74-70-66-62-58-18-16-14-12-10-8-6-4-2/h16,18,24-25,28,30,76,80,85-86,90-91H,3-15,17,19-23,26-27,29,31-75,77-79,81-84H2,1-2H3,(H,89,92)/b18-16-,25-24-,30-28-,80-76+. The van der Waals surface area contributed by atoms with E-state index in [9.17, 15) is 19.8 Å². The van der Waals surface area contributed by atoms with Crippen LogP contribution in [0.25, 0.3) is 0 Å². The first-order chi connectivity index (χ1) is 46.5. The minimum absolute atomic E-state index is 0.0122. The number of aliphatic hydroxyl groups is 2.